The van der Waals surface area contributed by atoms with Crippen LogP contribution in [-0.4, -0.2) is 6.54 Å². The third-order valence-electron chi connectivity index (χ3n) is 3.90. The molecule has 1 saturated heterocycles. The van der Waals surface area contributed by atoms with Crippen molar-refractivity contribution in [2.45, 2.75) is 31.2 Å². The predicted molar refractivity (Wildman–Crippen MR) is 68.1 cm³/mol. The number of halogens is 2. The summed E-state index contributed by atoms with van der Waals surface area (Å²) in [5, 5.41) is 5.01. The molecule has 1 aromatic rings. The maximum atomic E-state index is 6.12. The Hall–Kier alpha value is -0.240. The van der Waals surface area contributed by atoms with Gasteiger partial charge in [-0.2, -0.15) is 0 Å². The fourth-order valence-corrected chi connectivity index (χ4v) is 3.25. The summed E-state index contributed by atoms with van der Waals surface area (Å²) in [6.45, 7) is 1.12. The highest BCUT2D eigenvalue weighted by molar-refractivity contribution is 6.42. The topological polar surface area (TPSA) is 12.0 Å². The monoisotopic (exact) mass is 255 g/mol. The van der Waals surface area contributed by atoms with E-state index >= 15 is 0 Å². The van der Waals surface area contributed by atoms with Crippen LogP contribution in [0.25, 0.3) is 0 Å². The van der Waals surface area contributed by atoms with Crippen LogP contribution < -0.4 is 5.32 Å². The third kappa shape index (κ3) is 1.66. The van der Waals surface area contributed by atoms with E-state index in [1.165, 1.54) is 31.2 Å². The van der Waals surface area contributed by atoms with Crippen molar-refractivity contribution in [1.82, 2.24) is 5.32 Å². The molecule has 86 valence electrons. The molecule has 1 aromatic carbocycles. The average Bonchev–Trinajstić information content (AvgIpc) is 3.02. The van der Waals surface area contributed by atoms with E-state index in [1.54, 1.807) is 0 Å². The molecule has 1 aliphatic carbocycles. The molecule has 1 aliphatic heterocycles. The van der Waals surface area contributed by atoms with E-state index in [4.69, 9.17) is 23.2 Å². The Morgan fingerprint density at radius 2 is 2.00 bits per heavy atom. The summed E-state index contributed by atoms with van der Waals surface area (Å²) in [5.74, 6) is 0.798. The number of hydrogen-bond donors (Lipinski definition) is 1. The Morgan fingerprint density at radius 3 is 2.56 bits per heavy atom. The quantitative estimate of drug-likeness (QED) is 0.843. The number of nitrogens with one attached hydrogen (secondary N) is 1. The molecule has 0 bridgehead atoms. The first-order valence-electron chi connectivity index (χ1n) is 5.93. The first kappa shape index (κ1) is 10.9. The highest BCUT2D eigenvalue weighted by Gasteiger charge is 2.47. The van der Waals surface area contributed by atoms with Gasteiger partial charge in [0.05, 0.1) is 10.0 Å². The SMILES string of the molecule is Clc1ccc(C2(C3CC3)CCCN2)cc1Cl. The molecule has 0 aromatic heterocycles. The van der Waals surface area contributed by atoms with Gasteiger partial charge in [-0.3, -0.25) is 0 Å². The number of benzene rings is 1. The van der Waals surface area contributed by atoms with E-state index in [-0.39, 0.29) is 5.54 Å². The van der Waals surface area contributed by atoms with Crippen LogP contribution in [0.15, 0.2) is 18.2 Å². The van der Waals surface area contributed by atoms with Crippen LogP contribution >= 0.6 is 23.2 Å². The lowest BCUT2D eigenvalue weighted by atomic mass is 9.84. The Bertz CT molecular complexity index is 406. The Kier molecular flexibility index (Phi) is 2.66. The summed E-state index contributed by atoms with van der Waals surface area (Å²) in [5.41, 5.74) is 1.51. The van der Waals surface area contributed by atoms with Crippen LogP contribution in [0.5, 0.6) is 0 Å². The minimum absolute atomic E-state index is 0.189. The largest absolute Gasteiger partial charge is 0.307 e. The maximum Gasteiger partial charge on any atom is 0.0595 e. The molecule has 0 spiro atoms. The van der Waals surface area contributed by atoms with Gasteiger partial charge in [0, 0.05) is 5.54 Å². The maximum absolute atomic E-state index is 6.12. The lowest BCUT2D eigenvalue weighted by molar-refractivity contribution is 0.336. The van der Waals surface area contributed by atoms with Gasteiger partial charge in [-0.25, -0.2) is 0 Å². The minimum Gasteiger partial charge on any atom is -0.307 e. The molecule has 0 radical (unpaired) electrons. The normalized spacial score (nSPS) is 29.6. The van der Waals surface area contributed by atoms with Crippen molar-refractivity contribution >= 4 is 23.2 Å². The molecule has 1 atom stereocenters. The van der Waals surface area contributed by atoms with E-state index < -0.39 is 0 Å². The van der Waals surface area contributed by atoms with Crippen LogP contribution in [0.3, 0.4) is 0 Å². The lowest BCUT2D eigenvalue weighted by Crippen LogP contribution is -2.38. The first-order valence-corrected chi connectivity index (χ1v) is 6.68. The number of hydrogen-bond acceptors (Lipinski definition) is 1. The zero-order valence-electron chi connectivity index (χ0n) is 9.10. The summed E-state index contributed by atoms with van der Waals surface area (Å²) >= 11 is 12.1. The second kappa shape index (κ2) is 3.90. The molecular formula is C13H15Cl2N. The van der Waals surface area contributed by atoms with Crippen LogP contribution in [0.2, 0.25) is 10.0 Å². The van der Waals surface area contributed by atoms with Crippen molar-refractivity contribution in [1.29, 1.82) is 0 Å². The number of rotatable bonds is 2. The van der Waals surface area contributed by atoms with E-state index in [0.29, 0.717) is 10.0 Å². The van der Waals surface area contributed by atoms with Crippen LogP contribution in [-0.2, 0) is 5.54 Å². The van der Waals surface area contributed by atoms with Crippen molar-refractivity contribution in [2.75, 3.05) is 6.54 Å². The first-order chi connectivity index (χ1) is 7.72. The molecule has 1 saturated carbocycles. The molecule has 1 N–H and O–H groups in total. The van der Waals surface area contributed by atoms with Gasteiger partial charge in [0.15, 0.2) is 0 Å². The Labute approximate surface area is 106 Å². The smallest absolute Gasteiger partial charge is 0.0595 e. The van der Waals surface area contributed by atoms with Crippen molar-refractivity contribution in [3.8, 4) is 0 Å². The summed E-state index contributed by atoms with van der Waals surface area (Å²) in [7, 11) is 0. The molecule has 16 heavy (non-hydrogen) atoms. The van der Waals surface area contributed by atoms with Gasteiger partial charge in [-0.05, 0) is 55.8 Å². The van der Waals surface area contributed by atoms with Gasteiger partial charge in [0.25, 0.3) is 0 Å². The summed E-state index contributed by atoms with van der Waals surface area (Å²) < 4.78 is 0. The molecule has 2 aliphatic rings. The standard InChI is InChI=1S/C13H15Cl2N/c14-11-5-4-10(8-12(11)15)13(9-2-3-9)6-1-7-16-13/h4-5,8-9,16H,1-3,6-7H2. The van der Waals surface area contributed by atoms with Crippen LogP contribution in [0, 0.1) is 5.92 Å². The molecule has 2 fully saturated rings. The van der Waals surface area contributed by atoms with Crippen molar-refractivity contribution in [3.63, 3.8) is 0 Å². The lowest BCUT2D eigenvalue weighted by Gasteiger charge is -2.30. The molecule has 1 unspecified atom stereocenters. The fourth-order valence-electron chi connectivity index (χ4n) is 2.95. The van der Waals surface area contributed by atoms with Crippen LogP contribution in [0.4, 0.5) is 0 Å². The van der Waals surface area contributed by atoms with E-state index in [1.807, 2.05) is 12.1 Å². The van der Waals surface area contributed by atoms with Gasteiger partial charge in [-0.1, -0.05) is 29.3 Å². The Balaban J connectivity index is 2.02. The fraction of sp³-hybridized carbons (Fsp3) is 0.538. The predicted octanol–water partition coefficient (Wildman–Crippen LogP) is 3.98. The van der Waals surface area contributed by atoms with Gasteiger partial charge < -0.3 is 5.32 Å². The van der Waals surface area contributed by atoms with Gasteiger partial charge in [-0.15, -0.1) is 0 Å². The summed E-state index contributed by atoms with van der Waals surface area (Å²) in [4.78, 5) is 0. The van der Waals surface area contributed by atoms with Gasteiger partial charge >= 0.3 is 0 Å². The van der Waals surface area contributed by atoms with Crippen molar-refractivity contribution < 1.29 is 0 Å². The van der Waals surface area contributed by atoms with Crippen molar-refractivity contribution in [3.05, 3.63) is 33.8 Å². The molecule has 1 nitrogen and oxygen atoms in total. The second-order valence-corrected chi connectivity index (χ2v) is 5.72. The van der Waals surface area contributed by atoms with Crippen molar-refractivity contribution in [2.24, 2.45) is 5.92 Å². The highest BCUT2D eigenvalue weighted by atomic mass is 35.5. The zero-order valence-corrected chi connectivity index (χ0v) is 10.6. The molecule has 3 heteroatoms. The highest BCUT2D eigenvalue weighted by Crippen LogP contribution is 2.50. The second-order valence-electron chi connectivity index (χ2n) is 4.90. The molecular weight excluding hydrogens is 241 g/mol. The van der Waals surface area contributed by atoms with Crippen LogP contribution in [0.1, 0.15) is 31.2 Å². The third-order valence-corrected chi connectivity index (χ3v) is 4.64. The molecule has 0 amide bonds. The molecule has 1 heterocycles. The zero-order chi connectivity index (χ0) is 11.2. The van der Waals surface area contributed by atoms with E-state index in [9.17, 15) is 0 Å². The van der Waals surface area contributed by atoms with E-state index in [0.717, 1.165) is 12.5 Å². The molecule has 3 rings (SSSR count). The minimum atomic E-state index is 0.189. The average molecular weight is 256 g/mol. The van der Waals surface area contributed by atoms with E-state index in [2.05, 4.69) is 11.4 Å². The Morgan fingerprint density at radius 1 is 1.19 bits per heavy atom. The van der Waals surface area contributed by atoms with Gasteiger partial charge in [0.2, 0.25) is 0 Å². The van der Waals surface area contributed by atoms with Gasteiger partial charge in [0.1, 0.15) is 0 Å². The summed E-state index contributed by atoms with van der Waals surface area (Å²) in [6.07, 6.45) is 5.17. The summed E-state index contributed by atoms with van der Waals surface area (Å²) in [6, 6.07) is 6.09.